The lowest BCUT2D eigenvalue weighted by atomic mass is 9.80. The average molecular weight is 470 g/mol. The smallest absolute Gasteiger partial charge is 0.404 e. The van der Waals surface area contributed by atoms with Gasteiger partial charge in [-0.2, -0.15) is 0 Å². The van der Waals surface area contributed by atoms with E-state index in [2.05, 4.69) is 16.8 Å². The molecular formula is C27H27N5O3. The molecule has 2 unspecified atom stereocenters. The number of rotatable bonds is 4. The van der Waals surface area contributed by atoms with Gasteiger partial charge in [-0.15, -0.1) is 0 Å². The van der Waals surface area contributed by atoms with Crippen molar-refractivity contribution in [2.45, 2.75) is 38.3 Å². The first-order valence-electron chi connectivity index (χ1n) is 11.6. The average Bonchev–Trinajstić information content (AvgIpc) is 2.84. The number of carbonyl (C=O) groups excluding carboxylic acids is 1. The first-order chi connectivity index (χ1) is 16.8. The van der Waals surface area contributed by atoms with Crippen molar-refractivity contribution in [1.82, 2.24) is 15.0 Å². The number of primary amides is 1. The lowest BCUT2D eigenvalue weighted by molar-refractivity contribution is 0.0662. The van der Waals surface area contributed by atoms with E-state index in [0.29, 0.717) is 30.8 Å². The number of phenolic OH excluding ortho intramolecular Hbond substituents is 1. The summed E-state index contributed by atoms with van der Waals surface area (Å²) in [6.07, 6.45) is 3.55. The topological polar surface area (TPSA) is 114 Å². The second kappa shape index (κ2) is 8.87. The monoisotopic (exact) mass is 469 g/mol. The standard InChI is InChI=1S/C27H27N5O3/c1-17-7-8-20-22(15-17)30-24(21-5-3-4-6-23(21)33)31-25(20)32-14-11-19(35-26(28)34)16-27(32,2)18-9-12-29-13-10-18/h3-10,12-13,15,19,33H,11,14,16H2,1-2H3,(H2,28,34). The van der Waals surface area contributed by atoms with Crippen LogP contribution in [0.3, 0.4) is 0 Å². The highest BCUT2D eigenvalue weighted by atomic mass is 16.6. The summed E-state index contributed by atoms with van der Waals surface area (Å²) in [6.45, 7) is 4.71. The van der Waals surface area contributed by atoms with Gasteiger partial charge in [0, 0.05) is 37.2 Å². The van der Waals surface area contributed by atoms with Crippen molar-refractivity contribution in [2.24, 2.45) is 5.73 Å². The Kier molecular flexibility index (Phi) is 5.72. The molecule has 0 saturated carbocycles. The molecule has 0 aliphatic carbocycles. The van der Waals surface area contributed by atoms with Gasteiger partial charge >= 0.3 is 6.09 Å². The van der Waals surface area contributed by atoms with Crippen LogP contribution >= 0.6 is 0 Å². The summed E-state index contributed by atoms with van der Waals surface area (Å²) in [4.78, 5) is 27.8. The van der Waals surface area contributed by atoms with Crippen LogP contribution in [0.1, 0.15) is 30.9 Å². The van der Waals surface area contributed by atoms with Crippen molar-refractivity contribution in [3.8, 4) is 17.1 Å². The molecule has 1 fully saturated rings. The van der Waals surface area contributed by atoms with Gasteiger partial charge < -0.3 is 20.5 Å². The summed E-state index contributed by atoms with van der Waals surface area (Å²) in [7, 11) is 0. The van der Waals surface area contributed by atoms with Crippen molar-refractivity contribution in [3.63, 3.8) is 0 Å². The molecule has 2 aromatic carbocycles. The van der Waals surface area contributed by atoms with Gasteiger partial charge in [0.1, 0.15) is 17.7 Å². The van der Waals surface area contributed by atoms with Crippen LogP contribution in [0.2, 0.25) is 0 Å². The van der Waals surface area contributed by atoms with Crippen LogP contribution in [0.25, 0.3) is 22.3 Å². The van der Waals surface area contributed by atoms with Gasteiger partial charge in [-0.3, -0.25) is 4.98 Å². The molecule has 4 aromatic rings. The molecule has 0 spiro atoms. The van der Waals surface area contributed by atoms with Crippen molar-refractivity contribution in [2.75, 3.05) is 11.4 Å². The summed E-state index contributed by atoms with van der Waals surface area (Å²) in [5.41, 5.74) is 8.25. The molecule has 178 valence electrons. The van der Waals surface area contributed by atoms with E-state index in [1.807, 2.05) is 49.4 Å². The Balaban J connectivity index is 1.71. The number of pyridine rings is 1. The normalized spacial score (nSPS) is 20.1. The fourth-order valence-corrected chi connectivity index (χ4v) is 4.98. The maximum atomic E-state index is 11.5. The Morgan fingerprint density at radius 1 is 1.14 bits per heavy atom. The number of hydrogen-bond donors (Lipinski definition) is 2. The van der Waals surface area contributed by atoms with Gasteiger partial charge in [0.05, 0.1) is 16.6 Å². The molecule has 35 heavy (non-hydrogen) atoms. The minimum absolute atomic E-state index is 0.121. The van der Waals surface area contributed by atoms with E-state index in [-0.39, 0.29) is 11.9 Å². The fourth-order valence-electron chi connectivity index (χ4n) is 4.98. The van der Waals surface area contributed by atoms with Crippen molar-refractivity contribution in [3.05, 3.63) is 78.1 Å². The number of hydrogen-bond acceptors (Lipinski definition) is 7. The third kappa shape index (κ3) is 4.23. The first kappa shape index (κ1) is 22.6. The van der Waals surface area contributed by atoms with Crippen molar-refractivity contribution >= 4 is 22.8 Å². The Hall–Kier alpha value is -4.20. The second-order valence-corrected chi connectivity index (χ2v) is 9.12. The van der Waals surface area contributed by atoms with Crippen LogP contribution < -0.4 is 10.6 Å². The van der Waals surface area contributed by atoms with Crippen LogP contribution in [0.5, 0.6) is 5.75 Å². The number of anilines is 1. The SMILES string of the molecule is Cc1ccc2c(N3CCC(OC(N)=O)CC3(C)c3ccncc3)nc(-c3ccccc3O)nc2c1. The predicted octanol–water partition coefficient (Wildman–Crippen LogP) is 4.69. The molecule has 1 aliphatic heterocycles. The minimum atomic E-state index is -0.773. The zero-order valence-electron chi connectivity index (χ0n) is 19.7. The highest BCUT2D eigenvalue weighted by Gasteiger charge is 2.43. The third-order valence-electron chi connectivity index (χ3n) is 6.71. The van der Waals surface area contributed by atoms with E-state index in [1.54, 1.807) is 24.5 Å². The summed E-state index contributed by atoms with van der Waals surface area (Å²) in [5, 5.41) is 11.4. The first-order valence-corrected chi connectivity index (χ1v) is 11.6. The number of fused-ring (bicyclic) bond motifs is 1. The van der Waals surface area contributed by atoms with Gasteiger partial charge in [-0.05, 0) is 61.4 Å². The van der Waals surface area contributed by atoms with E-state index in [1.165, 1.54) is 0 Å². The predicted molar refractivity (Wildman–Crippen MR) is 134 cm³/mol. The maximum Gasteiger partial charge on any atom is 0.404 e. The number of amides is 1. The molecule has 0 bridgehead atoms. The molecule has 1 aliphatic rings. The van der Waals surface area contributed by atoms with Crippen LogP contribution in [0, 0.1) is 6.92 Å². The van der Waals surface area contributed by atoms with Crippen LogP contribution in [0.4, 0.5) is 10.6 Å². The molecule has 5 rings (SSSR count). The summed E-state index contributed by atoms with van der Waals surface area (Å²) in [5.74, 6) is 1.32. The van der Waals surface area contributed by atoms with Crippen molar-refractivity contribution in [1.29, 1.82) is 0 Å². The number of aryl methyl sites for hydroxylation is 1. The number of para-hydroxylation sites is 1. The fraction of sp³-hybridized carbons (Fsp3) is 0.259. The molecule has 2 aromatic heterocycles. The summed E-state index contributed by atoms with van der Waals surface area (Å²) < 4.78 is 5.44. The zero-order valence-corrected chi connectivity index (χ0v) is 19.7. The molecule has 3 heterocycles. The highest BCUT2D eigenvalue weighted by Crippen LogP contribution is 2.43. The van der Waals surface area contributed by atoms with Gasteiger partial charge in [-0.1, -0.05) is 18.2 Å². The number of ether oxygens (including phenoxy) is 1. The van der Waals surface area contributed by atoms with Gasteiger partial charge in [0.25, 0.3) is 0 Å². The largest absolute Gasteiger partial charge is 0.507 e. The highest BCUT2D eigenvalue weighted by molar-refractivity contribution is 5.92. The zero-order chi connectivity index (χ0) is 24.6. The molecule has 1 amide bonds. The van der Waals surface area contributed by atoms with Gasteiger partial charge in [-0.25, -0.2) is 14.8 Å². The lowest BCUT2D eigenvalue weighted by Crippen LogP contribution is -2.53. The van der Waals surface area contributed by atoms with Gasteiger partial charge in [0.15, 0.2) is 5.82 Å². The Morgan fingerprint density at radius 3 is 2.66 bits per heavy atom. The lowest BCUT2D eigenvalue weighted by Gasteiger charge is -2.48. The molecular weight excluding hydrogens is 442 g/mol. The maximum absolute atomic E-state index is 11.5. The van der Waals surface area contributed by atoms with E-state index in [4.69, 9.17) is 20.4 Å². The number of benzene rings is 2. The van der Waals surface area contributed by atoms with E-state index >= 15 is 0 Å². The van der Waals surface area contributed by atoms with Crippen LogP contribution in [-0.4, -0.2) is 38.8 Å². The number of aromatic hydroxyl groups is 1. The molecule has 3 N–H and O–H groups in total. The quantitative estimate of drug-likeness (QED) is 0.446. The Bertz CT molecular complexity index is 1390. The molecule has 8 nitrogen and oxygen atoms in total. The molecule has 0 radical (unpaired) electrons. The van der Waals surface area contributed by atoms with E-state index < -0.39 is 11.6 Å². The number of nitrogens with two attached hydrogens (primary N) is 1. The number of phenols is 1. The van der Waals surface area contributed by atoms with E-state index in [9.17, 15) is 9.90 Å². The number of nitrogens with zero attached hydrogens (tertiary/aromatic N) is 4. The Labute approximate surface area is 203 Å². The summed E-state index contributed by atoms with van der Waals surface area (Å²) >= 11 is 0. The number of carbonyl (C=O) groups is 1. The van der Waals surface area contributed by atoms with Crippen LogP contribution in [-0.2, 0) is 10.3 Å². The minimum Gasteiger partial charge on any atom is -0.507 e. The second-order valence-electron chi connectivity index (χ2n) is 9.12. The molecule has 2 atom stereocenters. The Morgan fingerprint density at radius 2 is 1.91 bits per heavy atom. The van der Waals surface area contributed by atoms with Crippen LogP contribution in [0.15, 0.2) is 67.0 Å². The summed E-state index contributed by atoms with van der Waals surface area (Å²) in [6, 6.07) is 17.1. The van der Waals surface area contributed by atoms with Gasteiger partial charge in [0.2, 0.25) is 0 Å². The molecule has 8 heteroatoms. The number of aromatic nitrogens is 3. The third-order valence-corrected chi connectivity index (χ3v) is 6.71. The number of piperidine rings is 1. The van der Waals surface area contributed by atoms with E-state index in [0.717, 1.165) is 27.8 Å². The van der Waals surface area contributed by atoms with Crippen molar-refractivity contribution < 1.29 is 14.6 Å². The molecule has 1 saturated heterocycles.